The third kappa shape index (κ3) is 4.10. The molecule has 2 unspecified atom stereocenters. The van der Waals surface area contributed by atoms with Crippen LogP contribution >= 0.6 is 0 Å². The highest BCUT2D eigenvalue weighted by molar-refractivity contribution is 5.74. The third-order valence-electron chi connectivity index (χ3n) is 2.79. The van der Waals surface area contributed by atoms with Gasteiger partial charge < -0.3 is 15.9 Å². The number of benzene rings is 1. The Morgan fingerprint density at radius 3 is 1.77 bits per heavy atom. The topological polar surface area (TPSA) is 83.6 Å². The van der Waals surface area contributed by atoms with E-state index in [9.17, 15) is 41.4 Å². The predicted molar refractivity (Wildman–Crippen MR) is 61.2 cm³/mol. The molecule has 0 fully saturated rings. The molecular weight excluding hydrogens is 320 g/mol. The lowest BCUT2D eigenvalue weighted by atomic mass is 9.91. The second kappa shape index (κ2) is 6.13. The van der Waals surface area contributed by atoms with Gasteiger partial charge in [-0.25, -0.2) is 0 Å². The van der Waals surface area contributed by atoms with Crippen LogP contribution in [0, 0.1) is 0 Å². The van der Waals surface area contributed by atoms with Gasteiger partial charge in [0.05, 0.1) is 23.7 Å². The smallest absolute Gasteiger partial charge is 0.390 e. The maximum atomic E-state index is 12.9. The molecule has 124 valence electrons. The van der Waals surface area contributed by atoms with E-state index in [0.717, 1.165) is 0 Å². The average Bonchev–Trinajstić information content (AvgIpc) is 2.34. The van der Waals surface area contributed by atoms with Crippen molar-refractivity contribution in [3.8, 4) is 0 Å². The largest absolute Gasteiger partial charge is 0.416 e. The van der Waals surface area contributed by atoms with Gasteiger partial charge in [-0.1, -0.05) is 6.07 Å². The highest BCUT2D eigenvalue weighted by Crippen LogP contribution is 2.42. The van der Waals surface area contributed by atoms with Crippen molar-refractivity contribution in [3.05, 3.63) is 34.9 Å². The predicted octanol–water partition coefficient (Wildman–Crippen LogP) is 1.99. The molecule has 0 saturated carbocycles. The van der Waals surface area contributed by atoms with Crippen molar-refractivity contribution < 1.29 is 41.4 Å². The van der Waals surface area contributed by atoms with Gasteiger partial charge >= 0.3 is 12.4 Å². The Morgan fingerprint density at radius 1 is 1.05 bits per heavy atom. The minimum absolute atomic E-state index is 0.338. The van der Waals surface area contributed by atoms with Crippen LogP contribution in [0.4, 0.5) is 26.3 Å². The van der Waals surface area contributed by atoms with Crippen LogP contribution in [0.15, 0.2) is 18.2 Å². The van der Waals surface area contributed by atoms with Gasteiger partial charge in [-0.2, -0.15) is 26.3 Å². The van der Waals surface area contributed by atoms with E-state index < -0.39 is 53.6 Å². The summed E-state index contributed by atoms with van der Waals surface area (Å²) in [6.45, 7) is 0. The van der Waals surface area contributed by atoms with Crippen LogP contribution in [0.3, 0.4) is 0 Å². The molecule has 0 radical (unpaired) electrons. The van der Waals surface area contributed by atoms with Crippen molar-refractivity contribution in [2.75, 3.05) is 0 Å². The Labute approximate surface area is 120 Å². The van der Waals surface area contributed by atoms with Crippen LogP contribution < -0.4 is 5.73 Å². The number of primary amides is 1. The first-order chi connectivity index (χ1) is 9.85. The molecule has 0 aliphatic carbocycles. The quantitative estimate of drug-likeness (QED) is 0.738. The summed E-state index contributed by atoms with van der Waals surface area (Å²) in [6.07, 6.45) is -16.2. The maximum absolute atomic E-state index is 12.9. The number of aliphatic hydroxyl groups is 2. The summed E-state index contributed by atoms with van der Waals surface area (Å²) >= 11 is 0. The zero-order chi connectivity index (χ0) is 17.3. The minimum Gasteiger partial charge on any atom is -0.390 e. The number of rotatable bonds is 4. The van der Waals surface area contributed by atoms with Gasteiger partial charge in [-0.05, 0) is 12.1 Å². The van der Waals surface area contributed by atoms with E-state index in [1.54, 1.807) is 0 Å². The van der Waals surface area contributed by atoms with E-state index in [0.29, 0.717) is 18.2 Å². The summed E-state index contributed by atoms with van der Waals surface area (Å²) in [5.41, 5.74) is -0.346. The molecular formula is C12H11F6NO3. The second-order valence-electron chi connectivity index (χ2n) is 4.44. The first kappa shape index (κ1) is 18.2. The van der Waals surface area contributed by atoms with Crippen LogP contribution in [0.1, 0.15) is 29.2 Å². The van der Waals surface area contributed by atoms with Gasteiger partial charge in [0.2, 0.25) is 5.91 Å². The minimum atomic E-state index is -5.19. The molecule has 0 aliphatic heterocycles. The van der Waals surface area contributed by atoms with Crippen molar-refractivity contribution in [2.45, 2.75) is 31.0 Å². The van der Waals surface area contributed by atoms with Gasteiger partial charge in [0.15, 0.2) is 0 Å². The highest BCUT2D eigenvalue weighted by Gasteiger charge is 2.43. The SMILES string of the molecule is NC(=O)CC(O)C(O)c1c(C(F)(F)F)cccc1C(F)(F)F. The summed E-state index contributed by atoms with van der Waals surface area (Å²) in [5.74, 6) is -1.19. The Hall–Kier alpha value is -1.81. The molecule has 0 heterocycles. The first-order valence-electron chi connectivity index (χ1n) is 5.77. The summed E-state index contributed by atoms with van der Waals surface area (Å²) in [6, 6.07) is 1.21. The van der Waals surface area contributed by atoms with Gasteiger partial charge in [0, 0.05) is 5.56 Å². The van der Waals surface area contributed by atoms with Crippen LogP contribution in [0.2, 0.25) is 0 Å². The number of carbonyl (C=O) groups excluding carboxylic acids is 1. The van der Waals surface area contributed by atoms with Crippen LogP contribution in [0.5, 0.6) is 0 Å². The monoisotopic (exact) mass is 331 g/mol. The summed E-state index contributed by atoms with van der Waals surface area (Å²) in [4.78, 5) is 10.6. The summed E-state index contributed by atoms with van der Waals surface area (Å²) in [7, 11) is 0. The molecule has 1 rings (SSSR count). The summed E-state index contributed by atoms with van der Waals surface area (Å²) in [5, 5.41) is 19.1. The lowest BCUT2D eigenvalue weighted by molar-refractivity contribution is -0.147. The molecule has 1 aromatic rings. The molecule has 22 heavy (non-hydrogen) atoms. The number of aliphatic hydroxyl groups excluding tert-OH is 2. The van der Waals surface area contributed by atoms with E-state index in [1.165, 1.54) is 0 Å². The van der Waals surface area contributed by atoms with Crippen LogP contribution in [-0.4, -0.2) is 22.2 Å². The number of hydrogen-bond acceptors (Lipinski definition) is 3. The normalized spacial score (nSPS) is 15.5. The number of carbonyl (C=O) groups is 1. The fraction of sp³-hybridized carbons (Fsp3) is 0.417. The molecule has 0 saturated heterocycles. The van der Waals surface area contributed by atoms with Gasteiger partial charge in [0.1, 0.15) is 6.10 Å². The zero-order valence-corrected chi connectivity index (χ0v) is 10.7. The Kier molecular flexibility index (Phi) is 5.08. The highest BCUT2D eigenvalue weighted by atomic mass is 19.4. The Morgan fingerprint density at radius 2 is 1.45 bits per heavy atom. The Balaban J connectivity index is 3.50. The van der Waals surface area contributed by atoms with E-state index >= 15 is 0 Å². The molecule has 0 aromatic heterocycles. The average molecular weight is 331 g/mol. The molecule has 1 aromatic carbocycles. The first-order valence-corrected chi connectivity index (χ1v) is 5.77. The molecule has 0 bridgehead atoms. The number of halogens is 6. The van der Waals surface area contributed by atoms with Crippen molar-refractivity contribution in [1.29, 1.82) is 0 Å². The lowest BCUT2D eigenvalue weighted by Gasteiger charge is -2.24. The van der Waals surface area contributed by atoms with Crippen LogP contribution in [-0.2, 0) is 17.1 Å². The molecule has 4 N–H and O–H groups in total. The number of alkyl halides is 6. The van der Waals surface area contributed by atoms with Crippen molar-refractivity contribution >= 4 is 5.91 Å². The second-order valence-corrected chi connectivity index (χ2v) is 4.44. The molecule has 2 atom stereocenters. The maximum Gasteiger partial charge on any atom is 0.416 e. The fourth-order valence-corrected chi connectivity index (χ4v) is 1.89. The lowest BCUT2D eigenvalue weighted by Crippen LogP contribution is -2.29. The van der Waals surface area contributed by atoms with Crippen molar-refractivity contribution in [1.82, 2.24) is 0 Å². The number of nitrogens with two attached hydrogens (primary N) is 1. The molecule has 0 aliphatic rings. The van der Waals surface area contributed by atoms with Crippen molar-refractivity contribution in [3.63, 3.8) is 0 Å². The van der Waals surface area contributed by atoms with Crippen LogP contribution in [0.25, 0.3) is 0 Å². The molecule has 1 amide bonds. The van der Waals surface area contributed by atoms with E-state index in [4.69, 9.17) is 5.73 Å². The van der Waals surface area contributed by atoms with Gasteiger partial charge in [0.25, 0.3) is 0 Å². The fourth-order valence-electron chi connectivity index (χ4n) is 1.89. The Bertz CT molecular complexity index is 523. The standard InChI is InChI=1S/C12H11F6NO3/c13-11(14,15)5-2-1-3-6(12(16,17)18)9(5)10(22)7(20)4-8(19)21/h1-3,7,10,20,22H,4H2,(H2,19,21). The number of amides is 1. The summed E-state index contributed by atoms with van der Waals surface area (Å²) < 4.78 is 77.1. The van der Waals surface area contributed by atoms with Crippen molar-refractivity contribution in [2.24, 2.45) is 5.73 Å². The molecule has 0 spiro atoms. The zero-order valence-electron chi connectivity index (χ0n) is 10.7. The van der Waals surface area contributed by atoms with E-state index in [2.05, 4.69) is 0 Å². The third-order valence-corrected chi connectivity index (χ3v) is 2.79. The van der Waals surface area contributed by atoms with E-state index in [1.807, 2.05) is 0 Å². The van der Waals surface area contributed by atoms with Gasteiger partial charge in [-0.15, -0.1) is 0 Å². The number of hydrogen-bond donors (Lipinski definition) is 3. The molecule has 4 nitrogen and oxygen atoms in total. The van der Waals surface area contributed by atoms with E-state index in [-0.39, 0.29) is 0 Å². The van der Waals surface area contributed by atoms with Gasteiger partial charge in [-0.3, -0.25) is 4.79 Å². The molecule has 10 heteroatoms.